The normalized spacial score (nSPS) is 15.8. The SMILES string of the molecule is C=C1/C=C\C=C/CC(C)(C)c2c1c1sc3ccccc3c1c1c3ccccc3n(-c3cc(-c4ccccc4)nc(-c4ccccc4)n3)c21. The van der Waals surface area contributed by atoms with Crippen LogP contribution in [0.5, 0.6) is 0 Å². The number of aromatic nitrogens is 3. The van der Waals surface area contributed by atoms with Gasteiger partial charge < -0.3 is 0 Å². The Morgan fingerprint density at radius 3 is 2.21 bits per heavy atom. The predicted octanol–water partition coefficient (Wildman–Crippen LogP) is 12.1. The van der Waals surface area contributed by atoms with Crippen molar-refractivity contribution in [2.75, 3.05) is 0 Å². The summed E-state index contributed by atoms with van der Waals surface area (Å²) in [7, 11) is 0. The highest BCUT2D eigenvalue weighted by molar-refractivity contribution is 7.26. The number of rotatable bonds is 3. The van der Waals surface area contributed by atoms with Crippen molar-refractivity contribution < 1.29 is 0 Å². The molecule has 1 aliphatic rings. The average molecular weight is 636 g/mol. The molecule has 0 saturated heterocycles. The molecule has 230 valence electrons. The molecule has 0 saturated carbocycles. The van der Waals surface area contributed by atoms with Crippen molar-refractivity contribution in [3.05, 3.63) is 157 Å². The Bertz CT molecular complexity index is 2560. The van der Waals surface area contributed by atoms with E-state index in [1.165, 1.54) is 47.6 Å². The van der Waals surface area contributed by atoms with Gasteiger partial charge in [-0.25, -0.2) is 9.97 Å². The van der Waals surface area contributed by atoms with Gasteiger partial charge in [0.25, 0.3) is 0 Å². The molecule has 48 heavy (non-hydrogen) atoms. The molecule has 9 rings (SSSR count). The lowest BCUT2D eigenvalue weighted by Crippen LogP contribution is -2.20. The van der Waals surface area contributed by atoms with Crippen molar-refractivity contribution in [3.8, 4) is 28.5 Å². The first kappa shape index (κ1) is 28.6. The van der Waals surface area contributed by atoms with Gasteiger partial charge in [0, 0.05) is 53.7 Å². The van der Waals surface area contributed by atoms with E-state index >= 15 is 0 Å². The van der Waals surface area contributed by atoms with Gasteiger partial charge in [0.05, 0.1) is 16.7 Å². The molecule has 0 aliphatic heterocycles. The van der Waals surface area contributed by atoms with Gasteiger partial charge in [-0.15, -0.1) is 11.3 Å². The quantitative estimate of drug-likeness (QED) is 0.193. The number of hydrogen-bond donors (Lipinski definition) is 0. The monoisotopic (exact) mass is 635 g/mol. The third-order valence-electron chi connectivity index (χ3n) is 9.65. The summed E-state index contributed by atoms with van der Waals surface area (Å²) in [6.07, 6.45) is 9.65. The fourth-order valence-corrected chi connectivity index (χ4v) is 8.75. The molecule has 3 heterocycles. The molecule has 8 aromatic rings. The van der Waals surface area contributed by atoms with Crippen LogP contribution in [0.1, 0.15) is 31.4 Å². The maximum Gasteiger partial charge on any atom is 0.162 e. The first-order valence-electron chi connectivity index (χ1n) is 16.4. The van der Waals surface area contributed by atoms with Crippen molar-refractivity contribution in [2.24, 2.45) is 0 Å². The van der Waals surface area contributed by atoms with Gasteiger partial charge in [0.2, 0.25) is 0 Å². The summed E-state index contributed by atoms with van der Waals surface area (Å²) in [6.45, 7) is 9.46. The number of allylic oxidation sites excluding steroid dienone is 5. The zero-order valence-electron chi connectivity index (χ0n) is 26.9. The van der Waals surface area contributed by atoms with E-state index in [2.05, 4.69) is 134 Å². The van der Waals surface area contributed by atoms with Crippen molar-refractivity contribution in [1.29, 1.82) is 0 Å². The minimum absolute atomic E-state index is 0.215. The number of nitrogens with zero attached hydrogens (tertiary/aromatic N) is 3. The van der Waals surface area contributed by atoms with Crippen LogP contribution in [0.3, 0.4) is 0 Å². The topological polar surface area (TPSA) is 30.7 Å². The van der Waals surface area contributed by atoms with Gasteiger partial charge in [0.1, 0.15) is 5.82 Å². The van der Waals surface area contributed by atoms with E-state index < -0.39 is 0 Å². The van der Waals surface area contributed by atoms with Gasteiger partial charge in [-0.05, 0) is 35.1 Å². The molecule has 0 atom stereocenters. The number of hydrogen-bond acceptors (Lipinski definition) is 3. The van der Waals surface area contributed by atoms with Crippen molar-refractivity contribution >= 4 is 58.9 Å². The Hall–Kier alpha value is -5.58. The second-order valence-corrected chi connectivity index (χ2v) is 14.2. The summed E-state index contributed by atoms with van der Waals surface area (Å²) in [5.41, 5.74) is 8.59. The first-order valence-corrected chi connectivity index (χ1v) is 17.2. The number of benzene rings is 5. The molecule has 0 amide bonds. The van der Waals surface area contributed by atoms with E-state index in [1.807, 2.05) is 35.6 Å². The maximum atomic E-state index is 5.38. The van der Waals surface area contributed by atoms with Crippen molar-refractivity contribution in [1.82, 2.24) is 14.5 Å². The van der Waals surface area contributed by atoms with Crippen LogP contribution in [0.2, 0.25) is 0 Å². The Morgan fingerprint density at radius 1 is 0.729 bits per heavy atom. The Labute approximate surface area is 283 Å². The fraction of sp³-hybridized carbons (Fsp3) is 0.0909. The average Bonchev–Trinajstić information content (AvgIpc) is 3.68. The summed E-state index contributed by atoms with van der Waals surface area (Å²) in [5.74, 6) is 1.55. The molecule has 3 aromatic heterocycles. The minimum Gasteiger partial charge on any atom is -0.293 e. The summed E-state index contributed by atoms with van der Waals surface area (Å²) in [4.78, 5) is 10.5. The second-order valence-electron chi connectivity index (χ2n) is 13.2. The molecule has 0 spiro atoms. The van der Waals surface area contributed by atoms with E-state index in [0.717, 1.165) is 40.1 Å². The van der Waals surface area contributed by atoms with E-state index in [1.54, 1.807) is 0 Å². The van der Waals surface area contributed by atoms with Crippen LogP contribution in [-0.4, -0.2) is 14.5 Å². The standard InChI is InChI=1S/C44H33N3S/c1-28-17-7-6-16-26-44(2,3)40-37(28)42-39(32-23-13-15-25-35(32)48-42)38-31-22-12-14-24-34(31)47(41(38)40)36-27-33(29-18-8-4-9-19-29)45-43(46-36)30-20-10-5-11-21-30/h4-25,27H,1,26H2,2-3H3/b16-6-,17-7-. The maximum absolute atomic E-state index is 5.38. The Balaban J connectivity index is 1.53. The highest BCUT2D eigenvalue weighted by atomic mass is 32.1. The van der Waals surface area contributed by atoms with E-state index in [0.29, 0.717) is 5.82 Å². The van der Waals surface area contributed by atoms with Crippen molar-refractivity contribution in [3.63, 3.8) is 0 Å². The van der Waals surface area contributed by atoms with Crippen LogP contribution in [0.15, 0.2) is 146 Å². The lowest BCUT2D eigenvalue weighted by atomic mass is 9.76. The number of para-hydroxylation sites is 1. The fourth-order valence-electron chi connectivity index (χ4n) is 7.46. The third kappa shape index (κ3) is 4.40. The molecule has 1 aliphatic carbocycles. The smallest absolute Gasteiger partial charge is 0.162 e. The third-order valence-corrected chi connectivity index (χ3v) is 10.8. The zero-order valence-corrected chi connectivity index (χ0v) is 27.8. The molecule has 0 N–H and O–H groups in total. The summed E-state index contributed by atoms with van der Waals surface area (Å²) < 4.78 is 4.99. The first-order chi connectivity index (χ1) is 23.5. The molecule has 0 fully saturated rings. The summed E-state index contributed by atoms with van der Waals surface area (Å²) in [6, 6.07) is 40.6. The predicted molar refractivity (Wildman–Crippen MR) is 205 cm³/mol. The van der Waals surface area contributed by atoms with E-state index in [9.17, 15) is 0 Å². The molecule has 5 aromatic carbocycles. The van der Waals surface area contributed by atoms with Gasteiger partial charge in [0.15, 0.2) is 5.82 Å². The molecule has 3 nitrogen and oxygen atoms in total. The van der Waals surface area contributed by atoms with Crippen LogP contribution < -0.4 is 0 Å². The second kappa shape index (κ2) is 11.0. The van der Waals surface area contributed by atoms with Gasteiger partial charge >= 0.3 is 0 Å². The molecular weight excluding hydrogens is 603 g/mol. The highest BCUT2D eigenvalue weighted by Gasteiger charge is 2.33. The van der Waals surface area contributed by atoms with Gasteiger partial charge in [-0.1, -0.05) is 142 Å². The lowest BCUT2D eigenvalue weighted by molar-refractivity contribution is 0.537. The van der Waals surface area contributed by atoms with Gasteiger partial charge in [-0.2, -0.15) is 0 Å². The highest BCUT2D eigenvalue weighted by Crippen LogP contribution is 2.52. The Morgan fingerprint density at radius 2 is 1.42 bits per heavy atom. The van der Waals surface area contributed by atoms with Crippen LogP contribution in [0, 0.1) is 0 Å². The largest absolute Gasteiger partial charge is 0.293 e. The van der Waals surface area contributed by atoms with Crippen LogP contribution in [0.4, 0.5) is 0 Å². The lowest BCUT2D eigenvalue weighted by Gasteiger charge is -2.29. The van der Waals surface area contributed by atoms with Crippen molar-refractivity contribution in [2.45, 2.75) is 25.7 Å². The van der Waals surface area contributed by atoms with Crippen LogP contribution >= 0.6 is 11.3 Å². The molecule has 0 radical (unpaired) electrons. The zero-order chi connectivity index (χ0) is 32.4. The molecule has 0 bridgehead atoms. The number of fused-ring (bicyclic) bond motifs is 10. The number of thiophene rings is 1. The van der Waals surface area contributed by atoms with Gasteiger partial charge in [-0.3, -0.25) is 4.57 Å². The van der Waals surface area contributed by atoms with Crippen LogP contribution in [-0.2, 0) is 5.41 Å². The van der Waals surface area contributed by atoms with E-state index in [-0.39, 0.29) is 5.41 Å². The molecule has 0 unspecified atom stereocenters. The van der Waals surface area contributed by atoms with Crippen LogP contribution in [0.25, 0.3) is 76.0 Å². The minimum atomic E-state index is -0.215. The molecule has 4 heteroatoms. The molecular formula is C44H33N3S. The summed E-state index contributed by atoms with van der Waals surface area (Å²) >= 11 is 1.88. The van der Waals surface area contributed by atoms with E-state index in [4.69, 9.17) is 16.5 Å². The summed E-state index contributed by atoms with van der Waals surface area (Å²) in [5, 5.41) is 5.05. The Kier molecular flexibility index (Phi) is 6.56.